The maximum atomic E-state index is 11.9. The van der Waals surface area contributed by atoms with Crippen LogP contribution < -0.4 is 10.9 Å². The molecule has 1 unspecified atom stereocenters. The highest BCUT2D eigenvalue weighted by molar-refractivity contribution is 5.86. The molecular formula is C20H22N4O4. The lowest BCUT2D eigenvalue weighted by atomic mass is 9.75. The molecule has 8 nitrogen and oxygen atoms in total. The second-order valence-corrected chi connectivity index (χ2v) is 7.37. The Bertz CT molecular complexity index is 1050. The highest BCUT2D eigenvalue weighted by atomic mass is 16.6. The summed E-state index contributed by atoms with van der Waals surface area (Å²) in [4.78, 5) is 29.4. The van der Waals surface area contributed by atoms with Crippen molar-refractivity contribution < 1.29 is 10.0 Å². The summed E-state index contributed by atoms with van der Waals surface area (Å²) in [5.74, 6) is -0.0962. The molecule has 1 atom stereocenters. The van der Waals surface area contributed by atoms with Gasteiger partial charge >= 0.3 is 0 Å². The fourth-order valence-corrected chi connectivity index (χ4v) is 3.25. The van der Waals surface area contributed by atoms with Gasteiger partial charge in [0.1, 0.15) is 5.69 Å². The second kappa shape index (κ2) is 7.77. The van der Waals surface area contributed by atoms with Crippen LogP contribution in [0.5, 0.6) is 0 Å². The number of hydrogen-bond acceptors (Lipinski definition) is 6. The maximum absolute atomic E-state index is 11.9. The van der Waals surface area contributed by atoms with Crippen molar-refractivity contribution >= 4 is 22.3 Å². The first-order chi connectivity index (χ1) is 13.3. The summed E-state index contributed by atoms with van der Waals surface area (Å²) in [5, 5.41) is 24.7. The zero-order valence-electron chi connectivity index (χ0n) is 15.7. The summed E-state index contributed by atoms with van der Waals surface area (Å²) < 4.78 is 0. The summed E-state index contributed by atoms with van der Waals surface area (Å²) in [5.41, 5.74) is 0.602. The van der Waals surface area contributed by atoms with Gasteiger partial charge in [-0.1, -0.05) is 44.2 Å². The fraction of sp³-hybridized carbons (Fsp3) is 0.300. The minimum Gasteiger partial charge on any atom is -0.396 e. The van der Waals surface area contributed by atoms with Crippen molar-refractivity contribution in [2.45, 2.75) is 19.8 Å². The lowest BCUT2D eigenvalue weighted by Gasteiger charge is -2.33. The van der Waals surface area contributed by atoms with E-state index in [1.165, 1.54) is 18.5 Å². The summed E-state index contributed by atoms with van der Waals surface area (Å²) in [6, 6.07) is 12.4. The highest BCUT2D eigenvalue weighted by Crippen LogP contribution is 2.36. The minimum atomic E-state index is -0.525. The van der Waals surface area contributed by atoms with E-state index >= 15 is 0 Å². The molecule has 8 heteroatoms. The number of H-pyrrole nitrogens is 1. The second-order valence-electron chi connectivity index (χ2n) is 7.37. The van der Waals surface area contributed by atoms with Gasteiger partial charge in [0, 0.05) is 25.1 Å². The number of benzene rings is 2. The maximum Gasteiger partial charge on any atom is 0.293 e. The van der Waals surface area contributed by atoms with Crippen molar-refractivity contribution in [2.24, 2.45) is 5.41 Å². The standard InChI is InChI=1S/C20H22N4O4/c1-20(2,11-25)15(13-6-4-3-5-7-13)10-21-17-9-16-14(8-18(17)24(27)28)19(26)23-12-22-16/h3-9,12,15,21,25H,10-11H2,1-2H3,(H,22,23,26). The number of nitrogens with zero attached hydrogens (tertiary/aromatic N) is 2. The van der Waals surface area contributed by atoms with E-state index in [1.54, 1.807) is 0 Å². The highest BCUT2D eigenvalue weighted by Gasteiger charge is 2.30. The molecule has 0 fully saturated rings. The Morgan fingerprint density at radius 3 is 2.64 bits per heavy atom. The molecule has 0 aliphatic carbocycles. The number of aliphatic hydroxyl groups excluding tert-OH is 1. The molecule has 1 heterocycles. The number of hydrogen-bond donors (Lipinski definition) is 3. The number of nitrogens with one attached hydrogen (secondary N) is 2. The average Bonchev–Trinajstić information content (AvgIpc) is 2.68. The van der Waals surface area contributed by atoms with Crippen molar-refractivity contribution in [1.29, 1.82) is 0 Å². The molecule has 0 bridgehead atoms. The van der Waals surface area contributed by atoms with Crippen molar-refractivity contribution in [3.8, 4) is 0 Å². The van der Waals surface area contributed by atoms with Gasteiger partial charge in [0.05, 0.1) is 22.2 Å². The summed E-state index contributed by atoms with van der Waals surface area (Å²) >= 11 is 0. The summed E-state index contributed by atoms with van der Waals surface area (Å²) in [7, 11) is 0. The Morgan fingerprint density at radius 2 is 2.00 bits per heavy atom. The number of nitro benzene ring substituents is 1. The lowest BCUT2D eigenvalue weighted by Crippen LogP contribution is -2.31. The van der Waals surface area contributed by atoms with E-state index < -0.39 is 15.9 Å². The smallest absolute Gasteiger partial charge is 0.293 e. The Kier molecular flexibility index (Phi) is 5.41. The van der Waals surface area contributed by atoms with Crippen molar-refractivity contribution in [3.63, 3.8) is 0 Å². The largest absolute Gasteiger partial charge is 0.396 e. The van der Waals surface area contributed by atoms with Gasteiger partial charge in [0.25, 0.3) is 11.2 Å². The van der Waals surface area contributed by atoms with E-state index in [-0.39, 0.29) is 29.3 Å². The van der Waals surface area contributed by atoms with Gasteiger partial charge in [0.15, 0.2) is 0 Å². The Hall–Kier alpha value is -3.26. The molecule has 3 rings (SSSR count). The Labute approximate surface area is 161 Å². The molecule has 0 aliphatic heterocycles. The van der Waals surface area contributed by atoms with Gasteiger partial charge in [-0.3, -0.25) is 14.9 Å². The number of aliphatic hydroxyl groups is 1. The Balaban J connectivity index is 1.99. The summed E-state index contributed by atoms with van der Waals surface area (Å²) in [6.07, 6.45) is 1.27. The number of anilines is 1. The molecule has 0 aliphatic rings. The quantitative estimate of drug-likeness (QED) is 0.426. The van der Waals surface area contributed by atoms with Gasteiger partial charge in [-0.15, -0.1) is 0 Å². The third kappa shape index (κ3) is 3.86. The molecule has 28 heavy (non-hydrogen) atoms. The Morgan fingerprint density at radius 1 is 1.29 bits per heavy atom. The molecule has 3 aromatic rings. The van der Waals surface area contributed by atoms with Crippen molar-refractivity contribution in [3.05, 3.63) is 74.8 Å². The van der Waals surface area contributed by atoms with E-state index in [2.05, 4.69) is 15.3 Å². The third-order valence-electron chi connectivity index (χ3n) is 5.00. The van der Waals surface area contributed by atoms with E-state index in [1.807, 2.05) is 44.2 Å². The predicted molar refractivity (Wildman–Crippen MR) is 108 cm³/mol. The minimum absolute atomic E-state index is 0.0367. The fourth-order valence-electron chi connectivity index (χ4n) is 3.25. The van der Waals surface area contributed by atoms with Crippen LogP contribution in [-0.4, -0.2) is 33.1 Å². The van der Waals surface area contributed by atoms with Crippen LogP contribution in [0.4, 0.5) is 11.4 Å². The number of fused-ring (bicyclic) bond motifs is 1. The topological polar surface area (TPSA) is 121 Å². The normalized spacial score (nSPS) is 12.7. The van der Waals surface area contributed by atoms with Crippen LogP contribution in [0.25, 0.3) is 10.9 Å². The zero-order chi connectivity index (χ0) is 20.3. The van der Waals surface area contributed by atoms with Crippen LogP contribution in [0, 0.1) is 15.5 Å². The molecule has 1 aromatic heterocycles. The van der Waals surface area contributed by atoms with Crippen LogP contribution in [0.2, 0.25) is 0 Å². The molecule has 2 aromatic carbocycles. The van der Waals surface area contributed by atoms with Gasteiger partial charge in [-0.25, -0.2) is 4.98 Å². The number of nitro groups is 1. The van der Waals surface area contributed by atoms with E-state index in [0.717, 1.165) is 5.56 Å². The van der Waals surface area contributed by atoms with E-state index in [0.29, 0.717) is 12.1 Å². The molecule has 0 amide bonds. The van der Waals surface area contributed by atoms with Crippen LogP contribution in [0.15, 0.2) is 53.6 Å². The molecule has 0 radical (unpaired) electrons. The first-order valence-corrected chi connectivity index (χ1v) is 8.89. The van der Waals surface area contributed by atoms with Gasteiger partial charge in [-0.05, 0) is 17.0 Å². The number of aromatic amines is 1. The molecular weight excluding hydrogens is 360 g/mol. The first-order valence-electron chi connectivity index (χ1n) is 8.89. The van der Waals surface area contributed by atoms with Crippen molar-refractivity contribution in [1.82, 2.24) is 9.97 Å². The number of aromatic nitrogens is 2. The van der Waals surface area contributed by atoms with Crippen LogP contribution in [0.1, 0.15) is 25.3 Å². The van der Waals surface area contributed by atoms with Crippen LogP contribution in [0.3, 0.4) is 0 Å². The monoisotopic (exact) mass is 382 g/mol. The SMILES string of the molecule is CC(C)(CO)C(CNc1cc2nc[nH]c(=O)c2cc1[N+](=O)[O-])c1ccccc1. The first kappa shape index (κ1) is 19.5. The predicted octanol–water partition coefficient (Wildman–Crippen LogP) is 3.05. The molecule has 0 saturated heterocycles. The van der Waals surface area contributed by atoms with Crippen LogP contribution in [-0.2, 0) is 0 Å². The lowest BCUT2D eigenvalue weighted by molar-refractivity contribution is -0.383. The van der Waals surface area contributed by atoms with Gasteiger partial charge < -0.3 is 15.4 Å². The third-order valence-corrected chi connectivity index (χ3v) is 5.00. The molecule has 0 spiro atoms. The molecule has 3 N–H and O–H groups in total. The van der Waals surface area contributed by atoms with Gasteiger partial charge in [0.2, 0.25) is 0 Å². The average molecular weight is 382 g/mol. The van der Waals surface area contributed by atoms with Crippen LogP contribution >= 0.6 is 0 Å². The molecule has 0 saturated carbocycles. The van der Waals surface area contributed by atoms with E-state index in [9.17, 15) is 20.0 Å². The molecule has 146 valence electrons. The van der Waals surface area contributed by atoms with Gasteiger partial charge in [-0.2, -0.15) is 0 Å². The zero-order valence-corrected chi connectivity index (χ0v) is 15.7. The summed E-state index contributed by atoms with van der Waals surface area (Å²) in [6.45, 7) is 4.22. The van der Waals surface area contributed by atoms with E-state index in [4.69, 9.17) is 0 Å². The van der Waals surface area contributed by atoms with Crippen molar-refractivity contribution in [2.75, 3.05) is 18.5 Å². The number of rotatable bonds is 7.